The molecule has 0 radical (unpaired) electrons. The van der Waals surface area contributed by atoms with Crippen molar-refractivity contribution in [1.82, 2.24) is 15.4 Å². The predicted molar refractivity (Wildman–Crippen MR) is 99.9 cm³/mol. The summed E-state index contributed by atoms with van der Waals surface area (Å²) in [6.07, 6.45) is 4.68. The van der Waals surface area contributed by atoms with E-state index in [0.717, 1.165) is 19.3 Å². The standard InChI is InChI=1S/C20H29N3O4/c1-17(2,3)26-15(24)22-23(16(25)27-18(4,5)6)20-11-19(12-20,13-20)14-7-9-21-10-8-14/h7-10H,11-13H2,1-6H3,(H,22,24). The van der Waals surface area contributed by atoms with Crippen molar-refractivity contribution in [3.8, 4) is 0 Å². The number of rotatable bonds is 2. The van der Waals surface area contributed by atoms with Crippen molar-refractivity contribution >= 4 is 12.2 Å². The van der Waals surface area contributed by atoms with Gasteiger partial charge >= 0.3 is 12.2 Å². The van der Waals surface area contributed by atoms with Crippen molar-refractivity contribution in [1.29, 1.82) is 0 Å². The fourth-order valence-corrected chi connectivity index (χ4v) is 4.04. The van der Waals surface area contributed by atoms with Crippen LogP contribution in [0.3, 0.4) is 0 Å². The maximum absolute atomic E-state index is 12.8. The molecule has 0 unspecified atom stereocenters. The van der Waals surface area contributed by atoms with Gasteiger partial charge in [-0.05, 0) is 78.5 Å². The van der Waals surface area contributed by atoms with Crippen LogP contribution in [-0.2, 0) is 14.9 Å². The zero-order valence-electron chi connectivity index (χ0n) is 17.0. The van der Waals surface area contributed by atoms with Gasteiger partial charge in [0.2, 0.25) is 0 Å². The molecule has 0 aromatic carbocycles. The molecule has 2 bridgehead atoms. The lowest BCUT2D eigenvalue weighted by Crippen LogP contribution is -2.80. The van der Waals surface area contributed by atoms with Gasteiger partial charge in [0.15, 0.2) is 0 Å². The SMILES string of the molecule is CC(C)(C)OC(=O)NN(C(=O)OC(C)(C)C)C12CC(c3ccncc3)(C1)C2. The van der Waals surface area contributed by atoms with Crippen LogP contribution in [0, 0.1) is 0 Å². The zero-order valence-corrected chi connectivity index (χ0v) is 17.0. The van der Waals surface area contributed by atoms with E-state index in [-0.39, 0.29) is 5.41 Å². The van der Waals surface area contributed by atoms with Crippen LogP contribution in [0.2, 0.25) is 0 Å². The molecule has 3 aliphatic carbocycles. The van der Waals surface area contributed by atoms with Gasteiger partial charge in [-0.1, -0.05) is 0 Å². The van der Waals surface area contributed by atoms with E-state index in [9.17, 15) is 9.59 Å². The van der Waals surface area contributed by atoms with Gasteiger partial charge in [-0.25, -0.2) is 20.0 Å². The van der Waals surface area contributed by atoms with Crippen LogP contribution in [0.1, 0.15) is 66.4 Å². The lowest BCUT2D eigenvalue weighted by atomic mass is 9.37. The van der Waals surface area contributed by atoms with E-state index in [1.807, 2.05) is 12.1 Å². The molecule has 1 N–H and O–H groups in total. The number of aromatic nitrogens is 1. The highest BCUT2D eigenvalue weighted by Gasteiger charge is 2.72. The third-order valence-electron chi connectivity index (χ3n) is 4.95. The average Bonchev–Trinajstić information content (AvgIpc) is 2.40. The number of hydrogen-bond donors (Lipinski definition) is 1. The van der Waals surface area contributed by atoms with Crippen molar-refractivity contribution in [3.05, 3.63) is 30.1 Å². The molecule has 3 aliphatic rings. The molecule has 2 amide bonds. The molecule has 4 rings (SSSR count). The fourth-order valence-electron chi connectivity index (χ4n) is 4.04. The van der Waals surface area contributed by atoms with E-state index in [2.05, 4.69) is 10.4 Å². The minimum Gasteiger partial charge on any atom is -0.443 e. The Balaban J connectivity index is 1.74. The number of carbonyl (C=O) groups is 2. The molecule has 148 valence electrons. The van der Waals surface area contributed by atoms with E-state index < -0.39 is 28.9 Å². The summed E-state index contributed by atoms with van der Waals surface area (Å²) in [4.78, 5) is 29.2. The Morgan fingerprint density at radius 1 is 1.00 bits per heavy atom. The second kappa shape index (κ2) is 6.11. The van der Waals surface area contributed by atoms with Crippen LogP contribution < -0.4 is 5.43 Å². The number of hydrazine groups is 1. The van der Waals surface area contributed by atoms with E-state index in [1.165, 1.54) is 10.6 Å². The van der Waals surface area contributed by atoms with Gasteiger partial charge in [-0.3, -0.25) is 4.98 Å². The van der Waals surface area contributed by atoms with Gasteiger partial charge < -0.3 is 9.47 Å². The van der Waals surface area contributed by atoms with Crippen molar-refractivity contribution < 1.29 is 19.1 Å². The Bertz CT molecular complexity index is 714. The summed E-state index contributed by atoms with van der Waals surface area (Å²) in [5, 5.41) is 1.34. The van der Waals surface area contributed by atoms with Gasteiger partial charge in [-0.15, -0.1) is 0 Å². The fraction of sp³-hybridized carbons (Fsp3) is 0.650. The first-order chi connectivity index (χ1) is 12.3. The molecular weight excluding hydrogens is 346 g/mol. The molecule has 1 aromatic rings. The average molecular weight is 375 g/mol. The first-order valence-corrected chi connectivity index (χ1v) is 9.28. The number of nitrogens with zero attached hydrogens (tertiary/aromatic N) is 2. The van der Waals surface area contributed by atoms with E-state index in [4.69, 9.17) is 9.47 Å². The molecule has 3 fully saturated rings. The van der Waals surface area contributed by atoms with Gasteiger partial charge in [0.05, 0.1) is 5.54 Å². The van der Waals surface area contributed by atoms with Crippen LogP contribution in [0.5, 0.6) is 0 Å². The molecule has 0 saturated heterocycles. The third-order valence-corrected chi connectivity index (χ3v) is 4.95. The van der Waals surface area contributed by atoms with Crippen LogP contribution >= 0.6 is 0 Å². The number of amides is 2. The highest BCUT2D eigenvalue weighted by molar-refractivity contribution is 5.76. The van der Waals surface area contributed by atoms with Crippen molar-refractivity contribution in [2.75, 3.05) is 0 Å². The molecule has 0 aliphatic heterocycles. The summed E-state index contributed by atoms with van der Waals surface area (Å²) >= 11 is 0. The Labute approximate surface area is 160 Å². The van der Waals surface area contributed by atoms with Crippen LogP contribution in [0.25, 0.3) is 0 Å². The third kappa shape index (κ3) is 3.87. The zero-order chi connectivity index (χ0) is 20.1. The Morgan fingerprint density at radius 2 is 1.52 bits per heavy atom. The Hall–Kier alpha value is -2.31. The van der Waals surface area contributed by atoms with Crippen molar-refractivity contribution in [2.24, 2.45) is 0 Å². The minimum absolute atomic E-state index is 0.0544. The van der Waals surface area contributed by atoms with Gasteiger partial charge in [0.25, 0.3) is 0 Å². The van der Waals surface area contributed by atoms with Gasteiger partial charge in [0.1, 0.15) is 11.2 Å². The molecule has 1 heterocycles. The number of hydrogen-bond acceptors (Lipinski definition) is 5. The second-order valence-electron chi connectivity index (χ2n) is 9.70. The molecule has 7 nitrogen and oxygen atoms in total. The quantitative estimate of drug-likeness (QED) is 0.792. The largest absolute Gasteiger partial charge is 0.443 e. The summed E-state index contributed by atoms with van der Waals surface area (Å²) < 4.78 is 10.9. The lowest BCUT2D eigenvalue weighted by Gasteiger charge is -2.72. The Kier molecular flexibility index (Phi) is 4.40. The van der Waals surface area contributed by atoms with Crippen molar-refractivity contribution in [2.45, 2.75) is 83.0 Å². The van der Waals surface area contributed by atoms with Gasteiger partial charge in [0, 0.05) is 17.8 Å². The Morgan fingerprint density at radius 3 is 2.00 bits per heavy atom. The molecule has 27 heavy (non-hydrogen) atoms. The number of nitrogens with one attached hydrogen (secondary N) is 1. The van der Waals surface area contributed by atoms with Crippen LogP contribution in [0.15, 0.2) is 24.5 Å². The second-order valence-corrected chi connectivity index (χ2v) is 9.70. The highest BCUT2D eigenvalue weighted by atomic mass is 16.6. The lowest BCUT2D eigenvalue weighted by molar-refractivity contribution is -0.177. The maximum atomic E-state index is 12.8. The first kappa shape index (κ1) is 19.5. The van der Waals surface area contributed by atoms with Gasteiger partial charge in [-0.2, -0.15) is 0 Å². The molecule has 0 spiro atoms. The number of carbonyl (C=O) groups excluding carboxylic acids is 2. The summed E-state index contributed by atoms with van der Waals surface area (Å²) in [7, 11) is 0. The topological polar surface area (TPSA) is 80.8 Å². The summed E-state index contributed by atoms with van der Waals surface area (Å²) in [5.74, 6) is 0. The monoisotopic (exact) mass is 375 g/mol. The molecule has 3 saturated carbocycles. The van der Waals surface area contributed by atoms with E-state index in [1.54, 1.807) is 53.9 Å². The molecular formula is C20H29N3O4. The normalized spacial score (nSPS) is 26.3. The number of pyridine rings is 1. The summed E-state index contributed by atoms with van der Waals surface area (Å²) in [6.45, 7) is 10.8. The maximum Gasteiger partial charge on any atom is 0.429 e. The van der Waals surface area contributed by atoms with Crippen LogP contribution in [-0.4, -0.2) is 38.9 Å². The van der Waals surface area contributed by atoms with Crippen molar-refractivity contribution in [3.63, 3.8) is 0 Å². The molecule has 7 heteroatoms. The van der Waals surface area contributed by atoms with Crippen LogP contribution in [0.4, 0.5) is 9.59 Å². The number of ether oxygens (including phenoxy) is 2. The molecule has 0 atom stereocenters. The van der Waals surface area contributed by atoms with E-state index in [0.29, 0.717) is 0 Å². The summed E-state index contributed by atoms with van der Waals surface area (Å²) in [5.41, 5.74) is 2.17. The summed E-state index contributed by atoms with van der Waals surface area (Å²) in [6, 6.07) is 4.03. The minimum atomic E-state index is -0.656. The molecule has 1 aromatic heterocycles. The highest BCUT2D eigenvalue weighted by Crippen LogP contribution is 2.70. The predicted octanol–water partition coefficient (Wildman–Crippen LogP) is 3.93. The first-order valence-electron chi connectivity index (χ1n) is 9.28. The smallest absolute Gasteiger partial charge is 0.429 e. The van der Waals surface area contributed by atoms with E-state index >= 15 is 0 Å².